The zero-order chi connectivity index (χ0) is 24.0. The second-order valence-corrected chi connectivity index (χ2v) is 9.76. The number of aryl methyl sites for hydroxylation is 1. The first kappa shape index (κ1) is 22.4. The van der Waals surface area contributed by atoms with E-state index in [-0.39, 0.29) is 11.9 Å². The third-order valence-corrected chi connectivity index (χ3v) is 7.37. The lowest BCUT2D eigenvalue weighted by atomic mass is 9.93. The number of hydrogen-bond acceptors (Lipinski definition) is 5. The van der Waals surface area contributed by atoms with Crippen molar-refractivity contribution in [3.8, 4) is 0 Å². The number of anilines is 1. The smallest absolute Gasteiger partial charge is 0.338 e. The van der Waals surface area contributed by atoms with Gasteiger partial charge in [-0.15, -0.1) is 0 Å². The van der Waals surface area contributed by atoms with Gasteiger partial charge in [0.15, 0.2) is 0 Å². The van der Waals surface area contributed by atoms with Crippen LogP contribution in [0.25, 0.3) is 10.8 Å². The Balaban J connectivity index is 1.43. The normalized spacial score (nSPS) is 16.9. The highest BCUT2D eigenvalue weighted by atomic mass is 16.5. The van der Waals surface area contributed by atoms with Crippen LogP contribution in [0.5, 0.6) is 0 Å². The number of carbonyl (C=O) groups excluding carboxylic acids is 2. The Labute approximate surface area is 200 Å². The van der Waals surface area contributed by atoms with Gasteiger partial charge in [-0.2, -0.15) is 0 Å². The summed E-state index contributed by atoms with van der Waals surface area (Å²) in [5, 5.41) is 5.16. The number of methoxy groups -OCH3 is 1. The standard InChI is InChI=1S/C28H31N3O3/c1-18-9-10-19(31-16-20(17-31)30(2)3)15-24(18)26(32)29-28(13-14-28)25-12-11-23(27(33)34-4)21-7-5-6-8-22(21)25/h5-12,15,20H,13-14,16-17H2,1-4H3,(H,29,32). The lowest BCUT2D eigenvalue weighted by molar-refractivity contribution is 0.0602. The van der Waals surface area contributed by atoms with Crippen LogP contribution in [0.1, 0.15) is 44.7 Å². The van der Waals surface area contributed by atoms with Gasteiger partial charge in [-0.05, 0) is 74.0 Å². The van der Waals surface area contributed by atoms with E-state index in [4.69, 9.17) is 4.74 Å². The van der Waals surface area contributed by atoms with Gasteiger partial charge in [0.05, 0.1) is 18.2 Å². The molecule has 2 aliphatic rings. The number of esters is 1. The van der Waals surface area contributed by atoms with E-state index in [2.05, 4.69) is 35.3 Å². The minimum Gasteiger partial charge on any atom is -0.465 e. The van der Waals surface area contributed by atoms with Crippen molar-refractivity contribution in [2.24, 2.45) is 0 Å². The third kappa shape index (κ3) is 3.82. The number of benzene rings is 3. The van der Waals surface area contributed by atoms with Crippen molar-refractivity contribution in [2.75, 3.05) is 39.2 Å². The van der Waals surface area contributed by atoms with Crippen LogP contribution in [0.2, 0.25) is 0 Å². The summed E-state index contributed by atoms with van der Waals surface area (Å²) in [6.07, 6.45) is 1.74. The van der Waals surface area contributed by atoms with Gasteiger partial charge in [0.2, 0.25) is 0 Å². The molecule has 1 aliphatic heterocycles. The first-order valence-corrected chi connectivity index (χ1v) is 11.8. The fraction of sp³-hybridized carbons (Fsp3) is 0.357. The number of nitrogens with zero attached hydrogens (tertiary/aromatic N) is 2. The Hall–Kier alpha value is -3.38. The molecule has 0 atom stereocenters. The quantitative estimate of drug-likeness (QED) is 0.565. The van der Waals surface area contributed by atoms with E-state index in [9.17, 15) is 9.59 Å². The highest BCUT2D eigenvalue weighted by molar-refractivity contribution is 6.06. The van der Waals surface area contributed by atoms with E-state index < -0.39 is 5.54 Å². The van der Waals surface area contributed by atoms with Crippen LogP contribution in [0, 0.1) is 6.92 Å². The van der Waals surface area contributed by atoms with E-state index in [1.807, 2.05) is 55.5 Å². The maximum atomic E-state index is 13.5. The van der Waals surface area contributed by atoms with Crippen molar-refractivity contribution in [3.63, 3.8) is 0 Å². The Morgan fingerprint density at radius 2 is 1.71 bits per heavy atom. The summed E-state index contributed by atoms with van der Waals surface area (Å²) in [7, 11) is 5.60. The molecule has 176 valence electrons. The summed E-state index contributed by atoms with van der Waals surface area (Å²) in [4.78, 5) is 30.3. The molecule has 1 saturated heterocycles. The molecule has 0 radical (unpaired) electrons. The molecule has 1 N–H and O–H groups in total. The minimum absolute atomic E-state index is 0.0531. The molecule has 2 fully saturated rings. The maximum Gasteiger partial charge on any atom is 0.338 e. The lowest BCUT2D eigenvalue weighted by Gasteiger charge is -2.44. The summed E-state index contributed by atoms with van der Waals surface area (Å²) in [6.45, 7) is 3.93. The molecule has 3 aromatic rings. The molecule has 1 heterocycles. The zero-order valence-electron chi connectivity index (χ0n) is 20.2. The molecule has 1 saturated carbocycles. The molecule has 5 rings (SSSR count). The maximum absolute atomic E-state index is 13.5. The first-order valence-electron chi connectivity index (χ1n) is 11.8. The van der Waals surface area contributed by atoms with Crippen LogP contribution in [-0.4, -0.2) is 57.1 Å². The molecular formula is C28H31N3O3. The van der Waals surface area contributed by atoms with Gasteiger partial charge in [-0.3, -0.25) is 4.79 Å². The highest BCUT2D eigenvalue weighted by Crippen LogP contribution is 2.48. The van der Waals surface area contributed by atoms with Crippen LogP contribution in [0.3, 0.4) is 0 Å². The second kappa shape index (κ2) is 8.44. The summed E-state index contributed by atoms with van der Waals surface area (Å²) in [6, 6.07) is 18.3. The Bertz CT molecular complexity index is 1270. The SMILES string of the molecule is COC(=O)c1ccc(C2(NC(=O)c3cc(N4CC(N(C)C)C4)ccc3C)CC2)c2ccccc12. The van der Waals surface area contributed by atoms with Gasteiger partial charge in [-0.1, -0.05) is 36.4 Å². The van der Waals surface area contributed by atoms with E-state index in [1.54, 1.807) is 0 Å². The average molecular weight is 458 g/mol. The monoisotopic (exact) mass is 457 g/mol. The highest BCUT2D eigenvalue weighted by Gasteiger charge is 2.47. The van der Waals surface area contributed by atoms with Crippen molar-refractivity contribution >= 4 is 28.3 Å². The molecule has 0 aromatic heterocycles. The van der Waals surface area contributed by atoms with Gasteiger partial charge < -0.3 is 19.9 Å². The van der Waals surface area contributed by atoms with Crippen LogP contribution in [0.4, 0.5) is 5.69 Å². The number of fused-ring (bicyclic) bond motifs is 1. The molecule has 34 heavy (non-hydrogen) atoms. The van der Waals surface area contributed by atoms with Gasteiger partial charge >= 0.3 is 5.97 Å². The Morgan fingerprint density at radius 1 is 1.00 bits per heavy atom. The van der Waals surface area contributed by atoms with Crippen LogP contribution >= 0.6 is 0 Å². The second-order valence-electron chi connectivity index (χ2n) is 9.76. The molecule has 0 bridgehead atoms. The summed E-state index contributed by atoms with van der Waals surface area (Å²) < 4.78 is 4.97. The fourth-order valence-electron chi connectivity index (χ4n) is 4.92. The van der Waals surface area contributed by atoms with E-state index in [1.165, 1.54) is 7.11 Å². The number of likely N-dealkylation sites (N-methyl/N-ethyl adjacent to an activating group) is 1. The number of rotatable bonds is 6. The van der Waals surface area contributed by atoms with Crippen molar-refractivity contribution in [2.45, 2.75) is 31.3 Å². The van der Waals surface area contributed by atoms with Crippen molar-refractivity contribution < 1.29 is 14.3 Å². The number of hydrogen-bond donors (Lipinski definition) is 1. The summed E-state index contributed by atoms with van der Waals surface area (Å²) >= 11 is 0. The first-order chi connectivity index (χ1) is 16.3. The number of ether oxygens (including phenoxy) is 1. The predicted octanol–water partition coefficient (Wildman–Crippen LogP) is 4.10. The van der Waals surface area contributed by atoms with Gasteiger partial charge in [-0.25, -0.2) is 4.79 Å². The number of amides is 1. The molecule has 6 heteroatoms. The van der Waals surface area contributed by atoms with Crippen LogP contribution in [0.15, 0.2) is 54.6 Å². The summed E-state index contributed by atoms with van der Waals surface area (Å²) in [5.74, 6) is -0.408. The van der Waals surface area contributed by atoms with Gasteiger partial charge in [0.25, 0.3) is 5.91 Å². The molecule has 0 spiro atoms. The zero-order valence-corrected chi connectivity index (χ0v) is 20.2. The van der Waals surface area contributed by atoms with Gasteiger partial charge in [0.1, 0.15) is 0 Å². The van der Waals surface area contributed by atoms with E-state index >= 15 is 0 Å². The fourth-order valence-corrected chi connectivity index (χ4v) is 4.92. The molecule has 1 aliphatic carbocycles. The molecule has 0 unspecified atom stereocenters. The molecular weight excluding hydrogens is 426 g/mol. The van der Waals surface area contributed by atoms with Crippen molar-refractivity contribution in [3.05, 3.63) is 76.9 Å². The average Bonchev–Trinajstić information content (AvgIpc) is 3.57. The van der Waals surface area contributed by atoms with Crippen molar-refractivity contribution in [1.82, 2.24) is 10.2 Å². The molecule has 1 amide bonds. The topological polar surface area (TPSA) is 61.9 Å². The molecule has 3 aromatic carbocycles. The van der Waals surface area contributed by atoms with E-state index in [0.29, 0.717) is 17.2 Å². The predicted molar refractivity (Wildman–Crippen MR) is 135 cm³/mol. The van der Waals surface area contributed by atoms with Crippen molar-refractivity contribution in [1.29, 1.82) is 0 Å². The number of nitrogens with one attached hydrogen (secondary N) is 1. The van der Waals surface area contributed by atoms with E-state index in [0.717, 1.165) is 53.5 Å². The van der Waals surface area contributed by atoms with Crippen LogP contribution in [-0.2, 0) is 10.3 Å². The largest absolute Gasteiger partial charge is 0.465 e. The third-order valence-electron chi connectivity index (χ3n) is 7.37. The minimum atomic E-state index is -0.416. The lowest BCUT2D eigenvalue weighted by Crippen LogP contribution is -2.57. The van der Waals surface area contributed by atoms with Crippen LogP contribution < -0.4 is 10.2 Å². The molecule has 6 nitrogen and oxygen atoms in total. The summed E-state index contributed by atoms with van der Waals surface area (Å²) in [5.41, 5.74) is 3.94. The Kier molecular flexibility index (Phi) is 5.56. The Morgan fingerprint density at radius 3 is 2.35 bits per heavy atom. The van der Waals surface area contributed by atoms with Gasteiger partial charge in [0, 0.05) is 30.4 Å². The number of carbonyl (C=O) groups is 2.